The topological polar surface area (TPSA) is 32.3 Å². The summed E-state index contributed by atoms with van der Waals surface area (Å²) in [6.07, 6.45) is 12.3. The van der Waals surface area contributed by atoms with E-state index in [1.165, 1.54) is 51.4 Å². The van der Waals surface area contributed by atoms with Gasteiger partial charge in [0.1, 0.15) is 0 Å². The molecule has 2 fully saturated rings. The van der Waals surface area contributed by atoms with Gasteiger partial charge in [-0.3, -0.25) is 0 Å². The summed E-state index contributed by atoms with van der Waals surface area (Å²) in [6, 6.07) is 0.637. The Morgan fingerprint density at radius 2 is 1.67 bits per heavy atom. The van der Waals surface area contributed by atoms with Crippen LogP contribution in [0.2, 0.25) is 0 Å². The van der Waals surface area contributed by atoms with Crippen molar-refractivity contribution in [1.82, 2.24) is 5.32 Å². The Hall–Kier alpha value is -0.0800. The Morgan fingerprint density at radius 1 is 0.944 bits per heavy atom. The molecule has 0 radical (unpaired) electrons. The van der Waals surface area contributed by atoms with Gasteiger partial charge in [-0.05, 0) is 43.9 Å². The highest BCUT2D eigenvalue weighted by molar-refractivity contribution is 4.87. The standard InChI is InChI=1S/C16H31NO/c1-15(2)9-6-7-14(8-12-15)17-13-16(18)10-4-3-5-11-16/h14,17-18H,3-13H2,1-2H3. The molecule has 2 N–H and O–H groups in total. The van der Waals surface area contributed by atoms with E-state index in [0.29, 0.717) is 11.5 Å². The van der Waals surface area contributed by atoms with Gasteiger partial charge in [0.25, 0.3) is 0 Å². The largest absolute Gasteiger partial charge is 0.389 e. The predicted octanol–water partition coefficient (Wildman–Crippen LogP) is 3.63. The molecule has 0 aromatic rings. The van der Waals surface area contributed by atoms with E-state index in [9.17, 15) is 5.11 Å². The van der Waals surface area contributed by atoms with Crippen molar-refractivity contribution in [2.75, 3.05) is 6.54 Å². The first-order valence-electron chi connectivity index (χ1n) is 7.95. The molecule has 0 bridgehead atoms. The Kier molecular flexibility index (Phi) is 4.71. The molecule has 0 saturated heterocycles. The lowest BCUT2D eigenvalue weighted by molar-refractivity contribution is 0.00222. The summed E-state index contributed by atoms with van der Waals surface area (Å²) < 4.78 is 0. The number of hydrogen-bond acceptors (Lipinski definition) is 2. The highest BCUT2D eigenvalue weighted by Crippen LogP contribution is 2.34. The molecule has 0 aromatic carbocycles. The monoisotopic (exact) mass is 253 g/mol. The van der Waals surface area contributed by atoms with E-state index in [4.69, 9.17) is 0 Å². The van der Waals surface area contributed by atoms with E-state index in [1.807, 2.05) is 0 Å². The molecule has 2 rings (SSSR count). The van der Waals surface area contributed by atoms with Crippen LogP contribution in [0.5, 0.6) is 0 Å². The fraction of sp³-hybridized carbons (Fsp3) is 1.00. The number of nitrogens with one attached hydrogen (secondary N) is 1. The third-order valence-electron chi connectivity index (χ3n) is 5.08. The lowest BCUT2D eigenvalue weighted by atomic mass is 9.84. The van der Waals surface area contributed by atoms with Crippen molar-refractivity contribution >= 4 is 0 Å². The van der Waals surface area contributed by atoms with E-state index in [0.717, 1.165) is 19.4 Å². The second-order valence-electron chi connectivity index (χ2n) is 7.46. The van der Waals surface area contributed by atoms with Crippen LogP contribution in [-0.2, 0) is 0 Å². The summed E-state index contributed by atoms with van der Waals surface area (Å²) in [4.78, 5) is 0. The number of aliphatic hydroxyl groups is 1. The molecule has 0 spiro atoms. The molecule has 1 atom stereocenters. The third-order valence-corrected chi connectivity index (χ3v) is 5.08. The van der Waals surface area contributed by atoms with Crippen molar-refractivity contribution in [3.05, 3.63) is 0 Å². The number of hydrogen-bond donors (Lipinski definition) is 2. The minimum atomic E-state index is -0.403. The minimum Gasteiger partial charge on any atom is -0.389 e. The van der Waals surface area contributed by atoms with Crippen molar-refractivity contribution < 1.29 is 5.11 Å². The Labute approximate surface area is 113 Å². The Balaban J connectivity index is 1.76. The van der Waals surface area contributed by atoms with Crippen LogP contribution in [-0.4, -0.2) is 23.3 Å². The van der Waals surface area contributed by atoms with Gasteiger partial charge in [-0.2, -0.15) is 0 Å². The van der Waals surface area contributed by atoms with Gasteiger partial charge in [-0.15, -0.1) is 0 Å². The van der Waals surface area contributed by atoms with Crippen molar-refractivity contribution in [1.29, 1.82) is 0 Å². The third kappa shape index (κ3) is 4.24. The van der Waals surface area contributed by atoms with Crippen LogP contribution in [0.15, 0.2) is 0 Å². The maximum atomic E-state index is 10.5. The molecule has 106 valence electrons. The summed E-state index contributed by atoms with van der Waals surface area (Å²) in [6.45, 7) is 5.60. The van der Waals surface area contributed by atoms with Crippen LogP contribution in [0.25, 0.3) is 0 Å². The second kappa shape index (κ2) is 5.92. The zero-order valence-corrected chi connectivity index (χ0v) is 12.3. The molecule has 0 heterocycles. The van der Waals surface area contributed by atoms with Gasteiger partial charge in [0.05, 0.1) is 5.60 Å². The quantitative estimate of drug-likeness (QED) is 0.753. The summed E-state index contributed by atoms with van der Waals surface area (Å²) in [5.41, 5.74) is 0.123. The maximum Gasteiger partial charge on any atom is 0.0771 e. The fourth-order valence-electron chi connectivity index (χ4n) is 3.59. The fourth-order valence-corrected chi connectivity index (χ4v) is 3.59. The van der Waals surface area contributed by atoms with E-state index in [-0.39, 0.29) is 0 Å². The summed E-state index contributed by atoms with van der Waals surface area (Å²) in [5.74, 6) is 0. The Morgan fingerprint density at radius 3 is 2.39 bits per heavy atom. The lowest BCUT2D eigenvalue weighted by Crippen LogP contribution is -2.45. The highest BCUT2D eigenvalue weighted by atomic mass is 16.3. The average molecular weight is 253 g/mol. The van der Waals surface area contributed by atoms with Crippen LogP contribution in [0.1, 0.15) is 78.1 Å². The van der Waals surface area contributed by atoms with Crippen molar-refractivity contribution in [2.45, 2.75) is 89.7 Å². The van der Waals surface area contributed by atoms with Gasteiger partial charge < -0.3 is 10.4 Å². The van der Waals surface area contributed by atoms with Crippen LogP contribution in [0.4, 0.5) is 0 Å². The van der Waals surface area contributed by atoms with Crippen LogP contribution in [0, 0.1) is 5.41 Å². The van der Waals surface area contributed by atoms with Gasteiger partial charge in [0, 0.05) is 12.6 Å². The Bertz CT molecular complexity index is 256. The van der Waals surface area contributed by atoms with E-state index >= 15 is 0 Å². The summed E-state index contributed by atoms with van der Waals surface area (Å²) >= 11 is 0. The molecule has 0 aliphatic heterocycles. The van der Waals surface area contributed by atoms with Gasteiger partial charge in [0.2, 0.25) is 0 Å². The summed E-state index contributed by atoms with van der Waals surface area (Å²) in [7, 11) is 0. The van der Waals surface area contributed by atoms with E-state index in [1.54, 1.807) is 0 Å². The average Bonchev–Trinajstić information content (AvgIpc) is 2.49. The lowest BCUT2D eigenvalue weighted by Gasteiger charge is -2.34. The van der Waals surface area contributed by atoms with Crippen LogP contribution in [0.3, 0.4) is 0 Å². The first-order valence-corrected chi connectivity index (χ1v) is 7.95. The molecule has 2 nitrogen and oxygen atoms in total. The molecule has 1 unspecified atom stereocenters. The minimum absolute atomic E-state index is 0.403. The molecule has 2 aliphatic carbocycles. The molecule has 0 amide bonds. The smallest absolute Gasteiger partial charge is 0.0771 e. The van der Waals surface area contributed by atoms with Crippen molar-refractivity contribution in [3.63, 3.8) is 0 Å². The molecular formula is C16H31NO. The highest BCUT2D eigenvalue weighted by Gasteiger charge is 2.30. The van der Waals surface area contributed by atoms with Crippen LogP contribution >= 0.6 is 0 Å². The van der Waals surface area contributed by atoms with Gasteiger partial charge >= 0.3 is 0 Å². The normalized spacial score (nSPS) is 31.8. The van der Waals surface area contributed by atoms with E-state index in [2.05, 4.69) is 19.2 Å². The summed E-state index contributed by atoms with van der Waals surface area (Å²) in [5, 5.41) is 14.2. The predicted molar refractivity (Wildman–Crippen MR) is 76.7 cm³/mol. The molecule has 2 saturated carbocycles. The maximum absolute atomic E-state index is 10.5. The molecule has 18 heavy (non-hydrogen) atoms. The molecule has 2 heteroatoms. The van der Waals surface area contributed by atoms with Gasteiger partial charge in [-0.25, -0.2) is 0 Å². The number of rotatable bonds is 3. The SMILES string of the molecule is CC1(C)CCCC(NCC2(O)CCCCC2)CC1. The van der Waals surface area contributed by atoms with Crippen molar-refractivity contribution in [2.24, 2.45) is 5.41 Å². The van der Waals surface area contributed by atoms with Gasteiger partial charge in [0.15, 0.2) is 0 Å². The zero-order valence-electron chi connectivity index (χ0n) is 12.3. The zero-order chi connectivity index (χ0) is 13.1. The molecule has 2 aliphatic rings. The molecule has 0 aromatic heterocycles. The first-order chi connectivity index (χ1) is 8.49. The molecular weight excluding hydrogens is 222 g/mol. The first kappa shape index (κ1) is 14.3. The van der Waals surface area contributed by atoms with Crippen LogP contribution < -0.4 is 5.32 Å². The second-order valence-corrected chi connectivity index (χ2v) is 7.46. The van der Waals surface area contributed by atoms with E-state index < -0.39 is 5.60 Å². The van der Waals surface area contributed by atoms with Gasteiger partial charge in [-0.1, -0.05) is 39.5 Å². The van der Waals surface area contributed by atoms with Crippen molar-refractivity contribution in [3.8, 4) is 0 Å².